The topological polar surface area (TPSA) is 23.5 Å². The van der Waals surface area contributed by atoms with Crippen LogP contribution in [0.2, 0.25) is 0 Å². The zero-order chi connectivity index (χ0) is 10.7. The van der Waals surface area contributed by atoms with Crippen molar-refractivity contribution in [3.8, 4) is 0 Å². The molecule has 0 aromatic carbocycles. The highest BCUT2D eigenvalue weighted by atomic mass is 16.3. The summed E-state index contributed by atoms with van der Waals surface area (Å²) in [6.07, 6.45) is 2.50. The van der Waals surface area contributed by atoms with Crippen LogP contribution in [0.4, 0.5) is 0 Å². The van der Waals surface area contributed by atoms with Crippen molar-refractivity contribution in [1.82, 2.24) is 4.90 Å². The van der Waals surface area contributed by atoms with Crippen LogP contribution < -0.4 is 0 Å². The second-order valence-corrected chi connectivity index (χ2v) is 5.39. The van der Waals surface area contributed by atoms with Gasteiger partial charge in [-0.1, -0.05) is 27.7 Å². The number of hydrogen-bond acceptors (Lipinski definition) is 2. The molecule has 0 aromatic rings. The van der Waals surface area contributed by atoms with Gasteiger partial charge in [-0.3, -0.25) is 4.90 Å². The van der Waals surface area contributed by atoms with Gasteiger partial charge in [-0.25, -0.2) is 0 Å². The van der Waals surface area contributed by atoms with E-state index >= 15 is 0 Å². The molecular weight excluding hydrogens is 174 g/mol. The predicted octanol–water partition coefficient (Wildman–Crippen LogP) is 2.12. The first-order valence-electron chi connectivity index (χ1n) is 5.92. The molecule has 0 heterocycles. The van der Waals surface area contributed by atoms with Crippen LogP contribution in [0.3, 0.4) is 0 Å². The van der Waals surface area contributed by atoms with Crippen LogP contribution in [0.1, 0.15) is 40.5 Å². The summed E-state index contributed by atoms with van der Waals surface area (Å²) < 4.78 is 0. The molecule has 1 N–H and O–H groups in total. The number of aliphatic hydroxyl groups is 1. The minimum absolute atomic E-state index is 0.158. The number of aliphatic hydroxyl groups excluding tert-OH is 1. The summed E-state index contributed by atoms with van der Waals surface area (Å²) in [4.78, 5) is 2.47. The normalized spacial score (nSPS) is 19.7. The molecule has 1 aliphatic rings. The summed E-state index contributed by atoms with van der Waals surface area (Å²) in [5, 5.41) is 9.84. The summed E-state index contributed by atoms with van der Waals surface area (Å²) in [5.41, 5.74) is 0. The summed E-state index contributed by atoms with van der Waals surface area (Å²) in [7, 11) is 0. The maximum atomic E-state index is 9.84. The zero-order valence-corrected chi connectivity index (χ0v) is 10.0. The van der Waals surface area contributed by atoms with Crippen molar-refractivity contribution in [3.05, 3.63) is 0 Å². The van der Waals surface area contributed by atoms with Crippen molar-refractivity contribution >= 4 is 0 Å². The SMILES string of the molecule is CC(C)CN(CC(O)C(C)C)C1CC1. The largest absolute Gasteiger partial charge is 0.392 e. The van der Waals surface area contributed by atoms with Crippen LogP contribution in [0.25, 0.3) is 0 Å². The van der Waals surface area contributed by atoms with E-state index in [4.69, 9.17) is 0 Å². The molecule has 0 amide bonds. The maximum Gasteiger partial charge on any atom is 0.0690 e. The molecule has 2 nitrogen and oxygen atoms in total. The zero-order valence-electron chi connectivity index (χ0n) is 10.0. The Morgan fingerprint density at radius 3 is 2.07 bits per heavy atom. The minimum Gasteiger partial charge on any atom is -0.392 e. The van der Waals surface area contributed by atoms with Gasteiger partial charge < -0.3 is 5.11 Å². The van der Waals surface area contributed by atoms with Gasteiger partial charge >= 0.3 is 0 Å². The molecule has 0 spiro atoms. The highest BCUT2D eigenvalue weighted by Gasteiger charge is 2.30. The quantitative estimate of drug-likeness (QED) is 0.708. The number of nitrogens with zero attached hydrogens (tertiary/aromatic N) is 1. The Morgan fingerprint density at radius 1 is 1.14 bits per heavy atom. The van der Waals surface area contributed by atoms with E-state index in [0.717, 1.165) is 19.1 Å². The highest BCUT2D eigenvalue weighted by molar-refractivity contribution is 4.86. The fourth-order valence-corrected chi connectivity index (χ4v) is 1.73. The average Bonchev–Trinajstić information content (AvgIpc) is 2.83. The molecule has 0 aliphatic heterocycles. The van der Waals surface area contributed by atoms with Crippen LogP contribution in [-0.2, 0) is 0 Å². The Kier molecular flexibility index (Phi) is 4.39. The molecule has 84 valence electrons. The summed E-state index contributed by atoms with van der Waals surface area (Å²) in [6.45, 7) is 10.7. The van der Waals surface area contributed by atoms with Crippen molar-refractivity contribution in [2.45, 2.75) is 52.7 Å². The number of rotatable bonds is 6. The molecule has 14 heavy (non-hydrogen) atoms. The van der Waals surface area contributed by atoms with Crippen molar-refractivity contribution in [1.29, 1.82) is 0 Å². The highest BCUT2D eigenvalue weighted by Crippen LogP contribution is 2.28. The second kappa shape index (κ2) is 5.13. The van der Waals surface area contributed by atoms with Gasteiger partial charge in [-0.2, -0.15) is 0 Å². The van der Waals surface area contributed by atoms with E-state index in [9.17, 15) is 5.11 Å². The van der Waals surface area contributed by atoms with Gasteiger partial charge in [0.05, 0.1) is 6.10 Å². The van der Waals surface area contributed by atoms with Gasteiger partial charge in [-0.05, 0) is 24.7 Å². The van der Waals surface area contributed by atoms with Crippen LogP contribution in [0.15, 0.2) is 0 Å². The average molecular weight is 199 g/mol. The standard InChI is InChI=1S/C12H25NO/c1-9(2)7-13(11-5-6-11)8-12(14)10(3)4/h9-12,14H,5-8H2,1-4H3. The third-order valence-corrected chi connectivity index (χ3v) is 2.85. The van der Waals surface area contributed by atoms with Gasteiger partial charge in [0, 0.05) is 19.1 Å². The molecule has 0 bridgehead atoms. The Labute approximate surface area is 88.3 Å². The van der Waals surface area contributed by atoms with Crippen molar-refractivity contribution in [3.63, 3.8) is 0 Å². The Bertz CT molecular complexity index is 164. The first-order chi connectivity index (χ1) is 6.50. The number of hydrogen-bond donors (Lipinski definition) is 1. The van der Waals surface area contributed by atoms with Gasteiger partial charge in [0.25, 0.3) is 0 Å². The molecule has 1 saturated carbocycles. The lowest BCUT2D eigenvalue weighted by Crippen LogP contribution is -2.38. The van der Waals surface area contributed by atoms with Gasteiger partial charge in [0.1, 0.15) is 0 Å². The lowest BCUT2D eigenvalue weighted by Gasteiger charge is -2.28. The Balaban J connectivity index is 2.34. The minimum atomic E-state index is -0.158. The first-order valence-corrected chi connectivity index (χ1v) is 5.92. The van der Waals surface area contributed by atoms with E-state index in [1.165, 1.54) is 12.8 Å². The van der Waals surface area contributed by atoms with Gasteiger partial charge in [0.2, 0.25) is 0 Å². The molecule has 0 aromatic heterocycles. The van der Waals surface area contributed by atoms with E-state index in [0.29, 0.717) is 11.8 Å². The van der Waals surface area contributed by atoms with Crippen molar-refractivity contribution in [2.24, 2.45) is 11.8 Å². The van der Waals surface area contributed by atoms with E-state index in [2.05, 4.69) is 32.6 Å². The molecule has 2 heteroatoms. The van der Waals surface area contributed by atoms with Crippen molar-refractivity contribution < 1.29 is 5.11 Å². The summed E-state index contributed by atoms with van der Waals surface area (Å²) >= 11 is 0. The Morgan fingerprint density at radius 2 is 1.71 bits per heavy atom. The molecule has 0 radical (unpaired) electrons. The van der Waals surface area contributed by atoms with Crippen LogP contribution in [0, 0.1) is 11.8 Å². The monoisotopic (exact) mass is 199 g/mol. The van der Waals surface area contributed by atoms with Crippen LogP contribution >= 0.6 is 0 Å². The van der Waals surface area contributed by atoms with Gasteiger partial charge in [-0.15, -0.1) is 0 Å². The molecule has 0 saturated heterocycles. The van der Waals surface area contributed by atoms with Crippen molar-refractivity contribution in [2.75, 3.05) is 13.1 Å². The third kappa shape index (κ3) is 3.97. The first kappa shape index (κ1) is 12.0. The summed E-state index contributed by atoms with van der Waals surface area (Å²) in [6, 6.07) is 0.769. The molecule has 1 rings (SSSR count). The fourth-order valence-electron chi connectivity index (χ4n) is 1.73. The fraction of sp³-hybridized carbons (Fsp3) is 1.00. The summed E-state index contributed by atoms with van der Waals surface area (Å²) in [5.74, 6) is 1.08. The smallest absolute Gasteiger partial charge is 0.0690 e. The maximum absolute atomic E-state index is 9.84. The Hall–Kier alpha value is -0.0800. The molecular formula is C12H25NO. The molecule has 1 aliphatic carbocycles. The van der Waals surface area contributed by atoms with E-state index < -0.39 is 0 Å². The van der Waals surface area contributed by atoms with Crippen LogP contribution in [-0.4, -0.2) is 35.2 Å². The lowest BCUT2D eigenvalue weighted by molar-refractivity contribution is 0.0679. The van der Waals surface area contributed by atoms with E-state index in [1.54, 1.807) is 0 Å². The molecule has 1 atom stereocenters. The molecule has 1 unspecified atom stereocenters. The third-order valence-electron chi connectivity index (χ3n) is 2.85. The molecule has 1 fully saturated rings. The second-order valence-electron chi connectivity index (χ2n) is 5.39. The lowest BCUT2D eigenvalue weighted by atomic mass is 10.1. The van der Waals surface area contributed by atoms with Gasteiger partial charge in [0.15, 0.2) is 0 Å². The van der Waals surface area contributed by atoms with E-state index in [-0.39, 0.29) is 6.10 Å². The van der Waals surface area contributed by atoms with Crippen LogP contribution in [0.5, 0.6) is 0 Å². The van der Waals surface area contributed by atoms with E-state index in [1.807, 2.05) is 0 Å². The predicted molar refractivity (Wildman–Crippen MR) is 60.3 cm³/mol.